The van der Waals surface area contributed by atoms with Gasteiger partial charge in [0.15, 0.2) is 0 Å². The van der Waals surface area contributed by atoms with Crippen LogP contribution in [-0.4, -0.2) is 37.6 Å². The van der Waals surface area contributed by atoms with Crippen molar-refractivity contribution in [2.75, 3.05) is 17.6 Å². The molecule has 1 saturated heterocycles. The molecule has 1 rings (SSSR count). The number of hydrogen-bond acceptors (Lipinski definition) is 2. The molecular formula is C3H7N2OSe. The molecule has 0 aromatic rings. The minimum absolute atomic E-state index is 0.528. The standard InChI is InChI=1S/C3H7N2OSe/c6-5-1-4-2-7-3-5/h4H,1-3H2. The van der Waals surface area contributed by atoms with Gasteiger partial charge in [0.2, 0.25) is 0 Å². The summed E-state index contributed by atoms with van der Waals surface area (Å²) in [6, 6.07) is 0. The van der Waals surface area contributed by atoms with Crippen LogP contribution < -0.4 is 5.32 Å². The Morgan fingerprint density at radius 1 is 1.71 bits per heavy atom. The van der Waals surface area contributed by atoms with Gasteiger partial charge in [-0.3, -0.25) is 0 Å². The fraction of sp³-hybridized carbons (Fsp3) is 1.00. The average Bonchev–Trinajstić information content (AvgIpc) is 1.69. The Morgan fingerprint density at radius 2 is 2.57 bits per heavy atom. The molecule has 41 valence electrons. The van der Waals surface area contributed by atoms with Crippen molar-refractivity contribution < 1.29 is 5.21 Å². The van der Waals surface area contributed by atoms with Crippen LogP contribution in [0.1, 0.15) is 0 Å². The third-order valence-electron chi connectivity index (χ3n) is 0.728. The molecular weight excluding hydrogens is 159 g/mol. The topological polar surface area (TPSA) is 35.2 Å². The second-order valence-corrected chi connectivity index (χ2v) is 3.37. The van der Waals surface area contributed by atoms with Crippen molar-refractivity contribution in [1.29, 1.82) is 0 Å². The summed E-state index contributed by atoms with van der Waals surface area (Å²) in [7, 11) is 0. The SMILES string of the molecule is [O]N1CNC[Se]C1. The van der Waals surface area contributed by atoms with Crippen molar-refractivity contribution in [1.82, 2.24) is 10.4 Å². The van der Waals surface area contributed by atoms with E-state index in [0.717, 1.165) is 15.9 Å². The fourth-order valence-corrected chi connectivity index (χ4v) is 1.74. The van der Waals surface area contributed by atoms with Crippen molar-refractivity contribution in [3.05, 3.63) is 0 Å². The molecule has 0 unspecified atom stereocenters. The van der Waals surface area contributed by atoms with Crippen LogP contribution in [-0.2, 0) is 5.21 Å². The molecule has 0 atom stereocenters. The van der Waals surface area contributed by atoms with Crippen molar-refractivity contribution in [2.45, 2.75) is 0 Å². The zero-order valence-corrected chi connectivity index (χ0v) is 5.60. The van der Waals surface area contributed by atoms with Gasteiger partial charge in [0, 0.05) is 0 Å². The van der Waals surface area contributed by atoms with Crippen LogP contribution in [0.4, 0.5) is 0 Å². The average molecular weight is 166 g/mol. The molecule has 0 bridgehead atoms. The van der Waals surface area contributed by atoms with Crippen molar-refractivity contribution >= 4 is 15.0 Å². The summed E-state index contributed by atoms with van der Waals surface area (Å²) < 4.78 is 0. The van der Waals surface area contributed by atoms with Gasteiger partial charge in [-0.1, -0.05) is 0 Å². The number of nitrogens with one attached hydrogen (secondary N) is 1. The van der Waals surface area contributed by atoms with Crippen molar-refractivity contribution in [3.8, 4) is 0 Å². The summed E-state index contributed by atoms with van der Waals surface area (Å²) in [5, 5.41) is 14.4. The zero-order valence-electron chi connectivity index (χ0n) is 3.89. The van der Waals surface area contributed by atoms with Crippen LogP contribution in [0.2, 0.25) is 0 Å². The number of hydrogen-bond donors (Lipinski definition) is 1. The first-order valence-corrected chi connectivity index (χ1v) is 4.52. The molecule has 0 amide bonds. The van der Waals surface area contributed by atoms with Crippen LogP contribution >= 0.6 is 0 Å². The molecule has 1 N–H and O–H groups in total. The number of hydroxylamine groups is 2. The van der Waals surface area contributed by atoms with E-state index in [1.807, 2.05) is 0 Å². The van der Waals surface area contributed by atoms with E-state index in [4.69, 9.17) is 0 Å². The van der Waals surface area contributed by atoms with Crippen molar-refractivity contribution in [2.24, 2.45) is 0 Å². The summed E-state index contributed by atoms with van der Waals surface area (Å²) in [5.41, 5.74) is 1.83. The first-order valence-electron chi connectivity index (χ1n) is 2.10. The quantitative estimate of drug-likeness (QED) is 0.459. The Kier molecular flexibility index (Phi) is 2.09. The first-order chi connectivity index (χ1) is 3.39. The van der Waals surface area contributed by atoms with Crippen LogP contribution in [0.3, 0.4) is 0 Å². The second-order valence-electron chi connectivity index (χ2n) is 1.37. The molecule has 3 nitrogen and oxygen atoms in total. The molecule has 1 radical (unpaired) electrons. The van der Waals surface area contributed by atoms with E-state index in [-0.39, 0.29) is 0 Å². The van der Waals surface area contributed by atoms with Gasteiger partial charge >= 0.3 is 48.1 Å². The second kappa shape index (κ2) is 2.64. The Hall–Kier alpha value is 0.399. The van der Waals surface area contributed by atoms with E-state index in [0.29, 0.717) is 21.6 Å². The van der Waals surface area contributed by atoms with Gasteiger partial charge in [-0.15, -0.1) is 0 Å². The number of rotatable bonds is 0. The number of nitrogens with zero attached hydrogens (tertiary/aromatic N) is 1. The summed E-state index contributed by atoms with van der Waals surface area (Å²) >= 11 is 0.528. The maximum absolute atomic E-state index is 10.3. The van der Waals surface area contributed by atoms with Crippen LogP contribution in [0.5, 0.6) is 0 Å². The summed E-state index contributed by atoms with van der Waals surface area (Å²) in [4.78, 5) is 0. The van der Waals surface area contributed by atoms with Gasteiger partial charge in [-0.25, -0.2) is 0 Å². The summed E-state index contributed by atoms with van der Waals surface area (Å²) in [6.45, 7) is 0.530. The predicted molar refractivity (Wildman–Crippen MR) is 26.0 cm³/mol. The van der Waals surface area contributed by atoms with Crippen LogP contribution in [0, 0.1) is 0 Å². The predicted octanol–water partition coefficient (Wildman–Crippen LogP) is -1.19. The van der Waals surface area contributed by atoms with Gasteiger partial charge in [-0.05, 0) is 0 Å². The monoisotopic (exact) mass is 167 g/mol. The Morgan fingerprint density at radius 3 is 2.86 bits per heavy atom. The molecule has 0 saturated carbocycles. The van der Waals surface area contributed by atoms with Crippen molar-refractivity contribution in [3.63, 3.8) is 0 Å². The molecule has 1 heterocycles. The molecule has 0 aromatic heterocycles. The summed E-state index contributed by atoms with van der Waals surface area (Å²) in [6.07, 6.45) is 0. The Bertz CT molecular complexity index is 54.9. The van der Waals surface area contributed by atoms with E-state index in [1.54, 1.807) is 0 Å². The zero-order chi connectivity index (χ0) is 5.11. The van der Waals surface area contributed by atoms with Crippen LogP contribution in [0.25, 0.3) is 0 Å². The molecule has 0 aromatic carbocycles. The molecule has 4 heteroatoms. The van der Waals surface area contributed by atoms with E-state index < -0.39 is 0 Å². The Labute approximate surface area is 48.8 Å². The van der Waals surface area contributed by atoms with Gasteiger partial charge < -0.3 is 0 Å². The molecule has 7 heavy (non-hydrogen) atoms. The fourth-order valence-electron chi connectivity index (χ4n) is 0.436. The third kappa shape index (κ3) is 1.76. The normalized spacial score (nSPS) is 25.3. The molecule has 1 aliphatic rings. The summed E-state index contributed by atoms with van der Waals surface area (Å²) in [5.74, 6) is 0. The molecule has 1 fully saturated rings. The van der Waals surface area contributed by atoms with E-state index in [2.05, 4.69) is 5.32 Å². The minimum atomic E-state index is 0.528. The molecule has 0 aliphatic carbocycles. The van der Waals surface area contributed by atoms with Gasteiger partial charge in [0.25, 0.3) is 0 Å². The molecule has 0 spiro atoms. The Balaban J connectivity index is 2.12. The maximum atomic E-state index is 10.3. The van der Waals surface area contributed by atoms with E-state index in [9.17, 15) is 5.21 Å². The first kappa shape index (κ1) is 5.53. The van der Waals surface area contributed by atoms with Gasteiger partial charge in [0.05, 0.1) is 0 Å². The molecule has 1 aliphatic heterocycles. The van der Waals surface area contributed by atoms with E-state index in [1.165, 1.54) is 0 Å². The van der Waals surface area contributed by atoms with Gasteiger partial charge in [-0.2, -0.15) is 0 Å². The van der Waals surface area contributed by atoms with E-state index >= 15 is 0 Å². The third-order valence-corrected chi connectivity index (χ3v) is 2.57. The van der Waals surface area contributed by atoms with Crippen LogP contribution in [0.15, 0.2) is 0 Å². The van der Waals surface area contributed by atoms with Gasteiger partial charge in [0.1, 0.15) is 0 Å².